The van der Waals surface area contributed by atoms with Gasteiger partial charge in [0, 0.05) is 19.8 Å². The van der Waals surface area contributed by atoms with Gasteiger partial charge < -0.3 is 19.2 Å². The normalized spacial score (nSPS) is 27.6. The Morgan fingerprint density at radius 1 is 1.30 bits per heavy atom. The van der Waals surface area contributed by atoms with Crippen molar-refractivity contribution in [1.29, 1.82) is 0 Å². The molecule has 20 heavy (non-hydrogen) atoms. The van der Waals surface area contributed by atoms with Gasteiger partial charge in [-0.15, -0.1) is 0 Å². The van der Waals surface area contributed by atoms with Crippen molar-refractivity contribution in [3.8, 4) is 0 Å². The van der Waals surface area contributed by atoms with E-state index in [0.29, 0.717) is 11.1 Å². The number of hydrogen-bond acceptors (Lipinski definition) is 4. The molecular formula is C15H22ClNO3. The zero-order valence-corrected chi connectivity index (χ0v) is 12.6. The van der Waals surface area contributed by atoms with E-state index in [9.17, 15) is 0 Å². The minimum atomic E-state index is 0.00660. The average Bonchev–Trinajstić information content (AvgIpc) is 2.87. The maximum Gasteiger partial charge on any atom is 0.193 e. The summed E-state index contributed by atoms with van der Waals surface area (Å²) in [6.45, 7) is 2.43. The molecule has 1 aromatic heterocycles. The van der Waals surface area contributed by atoms with Crippen LogP contribution in [0.3, 0.4) is 0 Å². The number of furan rings is 1. The molecule has 2 atom stereocenters. The lowest BCUT2D eigenvalue weighted by Crippen LogP contribution is -2.46. The van der Waals surface area contributed by atoms with Crippen molar-refractivity contribution in [3.63, 3.8) is 0 Å². The van der Waals surface area contributed by atoms with Crippen molar-refractivity contribution in [2.24, 2.45) is 5.92 Å². The smallest absolute Gasteiger partial charge is 0.193 e. The van der Waals surface area contributed by atoms with Gasteiger partial charge in [0.05, 0.1) is 11.6 Å². The molecule has 2 aliphatic heterocycles. The Labute approximate surface area is 124 Å². The van der Waals surface area contributed by atoms with Crippen LogP contribution in [0.1, 0.15) is 37.5 Å². The molecule has 1 N–H and O–H groups in total. The Bertz CT molecular complexity index is 437. The minimum absolute atomic E-state index is 0.00660. The molecule has 0 aliphatic carbocycles. The first-order chi connectivity index (χ1) is 9.72. The Balaban J connectivity index is 1.74. The lowest BCUT2D eigenvalue weighted by Gasteiger charge is -2.45. The van der Waals surface area contributed by atoms with Crippen LogP contribution >= 0.6 is 11.6 Å². The number of rotatable bonds is 3. The zero-order chi connectivity index (χ0) is 14.0. The summed E-state index contributed by atoms with van der Waals surface area (Å²) in [5, 5.41) is 3.84. The standard InChI is InChI=1S/C15H22ClNO3/c1-17-14(12-2-3-13(16)20-12)11-4-7-19-15(10-11)5-8-18-9-6-15/h2-3,11,14,17H,4-10H2,1H3. The van der Waals surface area contributed by atoms with E-state index in [4.69, 9.17) is 25.5 Å². The molecule has 1 aromatic rings. The van der Waals surface area contributed by atoms with Crippen molar-refractivity contribution < 1.29 is 13.9 Å². The van der Waals surface area contributed by atoms with Crippen LogP contribution in [0.5, 0.6) is 0 Å². The molecule has 4 nitrogen and oxygen atoms in total. The van der Waals surface area contributed by atoms with Gasteiger partial charge in [0.15, 0.2) is 5.22 Å². The monoisotopic (exact) mass is 299 g/mol. The summed E-state index contributed by atoms with van der Waals surface area (Å²) in [4.78, 5) is 0. The van der Waals surface area contributed by atoms with Gasteiger partial charge in [0.25, 0.3) is 0 Å². The first-order valence-corrected chi connectivity index (χ1v) is 7.74. The summed E-state index contributed by atoms with van der Waals surface area (Å²) in [6.07, 6.45) is 4.10. The SMILES string of the molecule is CNC(c1ccc(Cl)o1)C1CCOC2(CCOCC2)C1. The van der Waals surface area contributed by atoms with Crippen LogP contribution in [0.2, 0.25) is 5.22 Å². The molecule has 3 heterocycles. The van der Waals surface area contributed by atoms with Crippen molar-refractivity contribution >= 4 is 11.6 Å². The van der Waals surface area contributed by atoms with Crippen LogP contribution < -0.4 is 5.32 Å². The highest BCUT2D eigenvalue weighted by atomic mass is 35.5. The lowest BCUT2D eigenvalue weighted by molar-refractivity contribution is -0.150. The molecule has 3 rings (SSSR count). The van der Waals surface area contributed by atoms with E-state index < -0.39 is 0 Å². The molecule has 2 unspecified atom stereocenters. The van der Waals surface area contributed by atoms with Gasteiger partial charge in [0.1, 0.15) is 5.76 Å². The Morgan fingerprint density at radius 3 is 2.75 bits per heavy atom. The second-order valence-electron chi connectivity index (χ2n) is 5.80. The van der Waals surface area contributed by atoms with Crippen LogP contribution in [0, 0.1) is 5.92 Å². The van der Waals surface area contributed by atoms with Crippen molar-refractivity contribution in [2.75, 3.05) is 26.9 Å². The molecule has 0 bridgehead atoms. The van der Waals surface area contributed by atoms with Gasteiger partial charge in [-0.3, -0.25) is 0 Å². The maximum absolute atomic E-state index is 6.11. The number of ether oxygens (including phenoxy) is 2. The number of nitrogens with one attached hydrogen (secondary N) is 1. The highest BCUT2D eigenvalue weighted by Gasteiger charge is 2.41. The second kappa shape index (κ2) is 6.06. The summed E-state index contributed by atoms with van der Waals surface area (Å²) in [7, 11) is 1.98. The van der Waals surface area contributed by atoms with E-state index in [1.807, 2.05) is 19.2 Å². The number of hydrogen-bond donors (Lipinski definition) is 1. The molecule has 2 fully saturated rings. The van der Waals surface area contributed by atoms with Gasteiger partial charge in [-0.1, -0.05) is 0 Å². The van der Waals surface area contributed by atoms with Crippen LogP contribution in [0.25, 0.3) is 0 Å². The molecule has 2 saturated heterocycles. The van der Waals surface area contributed by atoms with Gasteiger partial charge in [-0.25, -0.2) is 0 Å². The third kappa shape index (κ3) is 2.89. The second-order valence-corrected chi connectivity index (χ2v) is 6.18. The van der Waals surface area contributed by atoms with Gasteiger partial charge in [0.2, 0.25) is 0 Å². The van der Waals surface area contributed by atoms with Crippen molar-refractivity contribution in [3.05, 3.63) is 23.1 Å². The van der Waals surface area contributed by atoms with Crippen molar-refractivity contribution in [2.45, 2.75) is 37.3 Å². The van der Waals surface area contributed by atoms with E-state index in [2.05, 4.69) is 5.32 Å². The van der Waals surface area contributed by atoms with E-state index in [0.717, 1.165) is 51.3 Å². The van der Waals surface area contributed by atoms with E-state index in [1.54, 1.807) is 0 Å². The lowest BCUT2D eigenvalue weighted by atomic mass is 9.77. The predicted octanol–water partition coefficient (Wildman–Crippen LogP) is 3.17. The molecule has 0 radical (unpaired) electrons. The molecule has 0 aromatic carbocycles. The topological polar surface area (TPSA) is 43.6 Å². The molecule has 112 valence electrons. The maximum atomic E-state index is 6.11. The molecule has 1 spiro atoms. The first kappa shape index (κ1) is 14.4. The van der Waals surface area contributed by atoms with Crippen LogP contribution in [-0.4, -0.2) is 32.5 Å². The largest absolute Gasteiger partial charge is 0.448 e. The quantitative estimate of drug-likeness (QED) is 0.931. The van der Waals surface area contributed by atoms with Crippen molar-refractivity contribution in [1.82, 2.24) is 5.32 Å². The molecule has 0 saturated carbocycles. The minimum Gasteiger partial charge on any atom is -0.448 e. The average molecular weight is 300 g/mol. The summed E-state index contributed by atoms with van der Waals surface area (Å²) in [6, 6.07) is 3.98. The van der Waals surface area contributed by atoms with Crippen LogP contribution in [0.15, 0.2) is 16.5 Å². The van der Waals surface area contributed by atoms with Gasteiger partial charge in [-0.05, 0) is 62.4 Å². The molecule has 0 amide bonds. The van der Waals surface area contributed by atoms with Gasteiger partial charge >= 0.3 is 0 Å². The third-order valence-corrected chi connectivity index (χ3v) is 4.82. The first-order valence-electron chi connectivity index (χ1n) is 7.37. The highest BCUT2D eigenvalue weighted by Crippen LogP contribution is 2.42. The fourth-order valence-electron chi connectivity index (χ4n) is 3.55. The summed E-state index contributed by atoms with van der Waals surface area (Å²) in [5.74, 6) is 1.43. The Hall–Kier alpha value is -0.550. The molecule has 5 heteroatoms. The summed E-state index contributed by atoms with van der Waals surface area (Å²) < 4.78 is 17.2. The fraction of sp³-hybridized carbons (Fsp3) is 0.733. The van der Waals surface area contributed by atoms with E-state index in [-0.39, 0.29) is 11.6 Å². The van der Waals surface area contributed by atoms with Crippen LogP contribution in [0.4, 0.5) is 0 Å². The fourth-order valence-corrected chi connectivity index (χ4v) is 3.70. The number of halogens is 1. The highest BCUT2D eigenvalue weighted by molar-refractivity contribution is 6.28. The Kier molecular flexibility index (Phi) is 4.36. The predicted molar refractivity (Wildman–Crippen MR) is 77.0 cm³/mol. The third-order valence-electron chi connectivity index (χ3n) is 4.62. The zero-order valence-electron chi connectivity index (χ0n) is 11.9. The summed E-state index contributed by atoms with van der Waals surface area (Å²) in [5.41, 5.74) is 0.00660. The Morgan fingerprint density at radius 2 is 2.10 bits per heavy atom. The molecule has 2 aliphatic rings. The summed E-state index contributed by atoms with van der Waals surface area (Å²) >= 11 is 5.91. The van der Waals surface area contributed by atoms with E-state index in [1.165, 1.54) is 0 Å². The molecular weight excluding hydrogens is 278 g/mol. The van der Waals surface area contributed by atoms with Gasteiger partial charge in [-0.2, -0.15) is 0 Å². The van der Waals surface area contributed by atoms with E-state index >= 15 is 0 Å². The van der Waals surface area contributed by atoms with Crippen LogP contribution in [-0.2, 0) is 9.47 Å².